The lowest BCUT2D eigenvalue weighted by atomic mass is 9.96. The van der Waals surface area contributed by atoms with Crippen LogP contribution in [0.3, 0.4) is 0 Å². The predicted octanol–water partition coefficient (Wildman–Crippen LogP) is 10.6. The van der Waals surface area contributed by atoms with Crippen molar-refractivity contribution in [2.75, 3.05) is 0 Å². The van der Waals surface area contributed by atoms with Crippen LogP contribution >= 0.6 is 0 Å². The molecule has 4 nitrogen and oxygen atoms in total. The van der Waals surface area contributed by atoms with Crippen LogP contribution in [0.1, 0.15) is 0 Å². The van der Waals surface area contributed by atoms with E-state index in [-0.39, 0.29) is 0 Å². The number of benzene rings is 6. The highest BCUT2D eigenvalue weighted by molar-refractivity contribution is 6.11. The van der Waals surface area contributed by atoms with Gasteiger partial charge in [-0.05, 0) is 70.4 Å². The van der Waals surface area contributed by atoms with Crippen molar-refractivity contribution in [2.45, 2.75) is 0 Å². The third-order valence-electron chi connectivity index (χ3n) is 8.93. The summed E-state index contributed by atoms with van der Waals surface area (Å²) in [6.07, 6.45) is 7.49. The first kappa shape index (κ1) is 26.2. The van der Waals surface area contributed by atoms with E-state index >= 15 is 0 Å². The summed E-state index contributed by atoms with van der Waals surface area (Å²) in [5, 5.41) is 4.67. The molecule has 3 aromatic heterocycles. The van der Waals surface area contributed by atoms with Gasteiger partial charge >= 0.3 is 0 Å². The average Bonchev–Trinajstić information content (AvgIpc) is 3.13. The smallest absolute Gasteiger partial charge is 0.0619 e. The molecule has 4 heteroatoms. The molecule has 0 saturated heterocycles. The van der Waals surface area contributed by atoms with Crippen LogP contribution in [0.15, 0.2) is 170 Å². The molecule has 9 aromatic rings. The van der Waals surface area contributed by atoms with Crippen LogP contribution in [-0.2, 0) is 0 Å². The molecule has 0 amide bonds. The van der Waals surface area contributed by atoms with E-state index < -0.39 is 0 Å². The molecule has 216 valence electrons. The molecule has 0 spiro atoms. The minimum Gasteiger partial charge on any atom is -0.309 e. The van der Waals surface area contributed by atoms with Gasteiger partial charge in [-0.15, -0.1) is 0 Å². The molecule has 0 aliphatic heterocycles. The van der Waals surface area contributed by atoms with E-state index in [4.69, 9.17) is 0 Å². The van der Waals surface area contributed by atoms with Crippen molar-refractivity contribution < 1.29 is 0 Å². The van der Waals surface area contributed by atoms with Gasteiger partial charge in [0, 0.05) is 69.1 Å². The van der Waals surface area contributed by atoms with Crippen LogP contribution in [0.4, 0.5) is 0 Å². The molecule has 0 radical (unpaired) electrons. The zero-order valence-corrected chi connectivity index (χ0v) is 25.0. The molecule has 0 aliphatic carbocycles. The predicted molar refractivity (Wildman–Crippen MR) is 190 cm³/mol. The highest BCUT2D eigenvalue weighted by Gasteiger charge is 2.17. The maximum Gasteiger partial charge on any atom is 0.0619 e. The van der Waals surface area contributed by atoms with E-state index in [0.717, 1.165) is 55.3 Å². The van der Waals surface area contributed by atoms with Crippen LogP contribution in [0.5, 0.6) is 0 Å². The van der Waals surface area contributed by atoms with E-state index in [1.54, 1.807) is 0 Å². The van der Waals surface area contributed by atoms with E-state index in [2.05, 4.69) is 165 Å². The van der Waals surface area contributed by atoms with Crippen LogP contribution in [0.2, 0.25) is 0 Å². The monoisotopic (exact) mass is 588 g/mol. The number of rotatable bonds is 4. The summed E-state index contributed by atoms with van der Waals surface area (Å²) in [4.78, 5) is 8.76. The second kappa shape index (κ2) is 10.7. The van der Waals surface area contributed by atoms with Gasteiger partial charge in [0.15, 0.2) is 0 Å². The molecule has 6 aromatic carbocycles. The normalized spacial score (nSPS) is 11.5. The Labute approximate surface area is 266 Å². The molecule has 46 heavy (non-hydrogen) atoms. The number of nitrogens with zero attached hydrogens (tertiary/aromatic N) is 4. The average molecular weight is 589 g/mol. The van der Waals surface area contributed by atoms with Gasteiger partial charge in [-0.3, -0.25) is 9.97 Å². The number of pyridine rings is 2. The second-order valence-corrected chi connectivity index (χ2v) is 11.5. The lowest BCUT2D eigenvalue weighted by molar-refractivity contribution is 1.13. The fourth-order valence-corrected chi connectivity index (χ4v) is 6.85. The van der Waals surface area contributed by atoms with Gasteiger partial charge < -0.3 is 9.13 Å². The summed E-state index contributed by atoms with van der Waals surface area (Å²) in [5.41, 5.74) is 11.2. The van der Waals surface area contributed by atoms with Gasteiger partial charge in [-0.2, -0.15) is 0 Å². The Morgan fingerprint density at radius 1 is 0.370 bits per heavy atom. The summed E-state index contributed by atoms with van der Waals surface area (Å²) < 4.78 is 4.80. The minimum atomic E-state index is 1.05. The van der Waals surface area contributed by atoms with Gasteiger partial charge in [-0.25, -0.2) is 0 Å². The van der Waals surface area contributed by atoms with Crippen molar-refractivity contribution in [3.63, 3.8) is 0 Å². The molecule has 0 fully saturated rings. The Morgan fingerprint density at radius 2 is 0.761 bits per heavy atom. The molecule has 4 bridgehead atoms. The largest absolute Gasteiger partial charge is 0.309 e. The Kier molecular flexibility index (Phi) is 6.10. The van der Waals surface area contributed by atoms with Crippen LogP contribution in [-0.4, -0.2) is 19.1 Å². The van der Waals surface area contributed by atoms with E-state index in [1.165, 1.54) is 21.9 Å². The highest BCUT2D eigenvalue weighted by Crippen LogP contribution is 2.39. The van der Waals surface area contributed by atoms with Crippen LogP contribution in [0, 0.1) is 0 Å². The van der Waals surface area contributed by atoms with Gasteiger partial charge in [-0.1, -0.05) is 97.1 Å². The summed E-state index contributed by atoms with van der Waals surface area (Å²) in [5.74, 6) is 0. The molecule has 0 unspecified atom stereocenters. The number of aromatic nitrogens is 4. The quantitative estimate of drug-likeness (QED) is 0.205. The van der Waals surface area contributed by atoms with Crippen molar-refractivity contribution in [3.8, 4) is 33.6 Å². The SMILES string of the molecule is c1ccc(-c2ccc3ccc4cc3c2n(-c2ccncc2)c2ccc3ccc(-c5ccccc5)c(c3c2)n4-c2ccncc2)cc1. The van der Waals surface area contributed by atoms with Crippen molar-refractivity contribution in [1.29, 1.82) is 0 Å². The molecular weight excluding hydrogens is 560 g/mol. The molecular formula is C42H28N4. The van der Waals surface area contributed by atoms with Gasteiger partial charge in [0.05, 0.1) is 11.0 Å². The summed E-state index contributed by atoms with van der Waals surface area (Å²) in [6, 6.07) is 52.4. The molecule has 0 atom stereocenters. The molecule has 0 saturated carbocycles. The molecule has 3 heterocycles. The standard InChI is InChI=1S/C42H28N4/c1-3-7-29(8-4-1)37-17-13-31-11-16-36-27-39(31)41(37)45(33-19-23-43-24-20-33)35-15-12-32-14-18-38(30-9-5-2-6-10-30)42(40(32)28-35)46(36)34-21-25-44-26-22-34/h1-28H. The highest BCUT2D eigenvalue weighted by atomic mass is 15.0. The summed E-state index contributed by atoms with van der Waals surface area (Å²) in [7, 11) is 0. The first-order valence-corrected chi connectivity index (χ1v) is 15.5. The lowest BCUT2D eigenvalue weighted by Crippen LogP contribution is -2.03. The fraction of sp³-hybridized carbons (Fsp3) is 0. The zero-order valence-electron chi connectivity index (χ0n) is 25.0. The van der Waals surface area contributed by atoms with Gasteiger partial charge in [0.25, 0.3) is 0 Å². The van der Waals surface area contributed by atoms with Crippen LogP contribution < -0.4 is 0 Å². The zero-order chi connectivity index (χ0) is 30.5. The third kappa shape index (κ3) is 4.23. The second-order valence-electron chi connectivity index (χ2n) is 11.5. The number of fused-ring (bicyclic) bond motifs is 2. The van der Waals surface area contributed by atoms with E-state index in [1.807, 2.05) is 24.8 Å². The van der Waals surface area contributed by atoms with Crippen molar-refractivity contribution in [1.82, 2.24) is 19.1 Å². The Hall–Kier alpha value is -6.26. The molecule has 0 N–H and O–H groups in total. The first-order chi connectivity index (χ1) is 22.8. The molecule has 0 aliphatic rings. The third-order valence-corrected chi connectivity index (χ3v) is 8.93. The first-order valence-electron chi connectivity index (χ1n) is 15.5. The van der Waals surface area contributed by atoms with Crippen molar-refractivity contribution in [3.05, 3.63) is 170 Å². The van der Waals surface area contributed by atoms with E-state index in [0.29, 0.717) is 0 Å². The number of hydrogen-bond acceptors (Lipinski definition) is 2. The maximum absolute atomic E-state index is 4.38. The van der Waals surface area contributed by atoms with Gasteiger partial charge in [0.1, 0.15) is 0 Å². The van der Waals surface area contributed by atoms with Crippen molar-refractivity contribution >= 4 is 43.6 Å². The topological polar surface area (TPSA) is 35.6 Å². The Morgan fingerprint density at radius 3 is 1.17 bits per heavy atom. The molecule has 9 rings (SSSR count). The maximum atomic E-state index is 4.38. The summed E-state index contributed by atoms with van der Waals surface area (Å²) >= 11 is 0. The minimum absolute atomic E-state index is 1.05. The Bertz CT molecular complexity index is 2370. The Balaban J connectivity index is 1.60. The van der Waals surface area contributed by atoms with Gasteiger partial charge in [0.2, 0.25) is 0 Å². The fourth-order valence-electron chi connectivity index (χ4n) is 6.85. The van der Waals surface area contributed by atoms with Crippen LogP contribution in [0.25, 0.3) is 77.2 Å². The van der Waals surface area contributed by atoms with E-state index in [9.17, 15) is 0 Å². The number of hydrogen-bond donors (Lipinski definition) is 0. The lowest BCUT2D eigenvalue weighted by Gasteiger charge is -2.21. The van der Waals surface area contributed by atoms with Crippen molar-refractivity contribution in [2.24, 2.45) is 0 Å². The summed E-state index contributed by atoms with van der Waals surface area (Å²) in [6.45, 7) is 0.